The summed E-state index contributed by atoms with van der Waals surface area (Å²) in [4.78, 5) is 7.74. The summed E-state index contributed by atoms with van der Waals surface area (Å²) in [5.74, 6) is 0.814. The molecule has 0 aliphatic heterocycles. The molecule has 1 heterocycles. The lowest BCUT2D eigenvalue weighted by Crippen LogP contribution is -2.14. The van der Waals surface area contributed by atoms with Crippen LogP contribution in [0.25, 0.3) is 11.3 Å². The van der Waals surface area contributed by atoms with Crippen molar-refractivity contribution in [2.45, 2.75) is 12.5 Å². The monoisotopic (exact) mass is 341 g/mol. The molecule has 21 heavy (non-hydrogen) atoms. The van der Waals surface area contributed by atoms with Crippen molar-refractivity contribution >= 4 is 15.9 Å². The number of aromatic amines is 1. The van der Waals surface area contributed by atoms with E-state index in [4.69, 9.17) is 5.73 Å². The Hall–Kier alpha value is -1.91. The molecule has 0 saturated carbocycles. The van der Waals surface area contributed by atoms with E-state index in [-0.39, 0.29) is 6.04 Å². The second kappa shape index (κ2) is 6.24. The van der Waals surface area contributed by atoms with E-state index >= 15 is 0 Å². The molecular formula is C17H16BrN3. The standard InChI is InChI=1S/C17H16BrN3/c18-14-8-4-7-13(10-14)16-11-20-17(21-16)15(19)9-12-5-2-1-3-6-12/h1-8,10-11,15H,9,19H2,(H,20,21). The third kappa shape index (κ3) is 3.40. The molecule has 0 radical (unpaired) electrons. The number of aromatic nitrogens is 2. The van der Waals surface area contributed by atoms with E-state index in [9.17, 15) is 0 Å². The van der Waals surface area contributed by atoms with E-state index in [1.807, 2.05) is 42.6 Å². The van der Waals surface area contributed by atoms with Gasteiger partial charge in [0, 0.05) is 10.0 Å². The molecule has 0 amide bonds. The van der Waals surface area contributed by atoms with Gasteiger partial charge in [0.15, 0.2) is 0 Å². The lowest BCUT2D eigenvalue weighted by Gasteiger charge is -2.08. The van der Waals surface area contributed by atoms with Crippen molar-refractivity contribution in [1.29, 1.82) is 0 Å². The zero-order valence-electron chi connectivity index (χ0n) is 11.5. The van der Waals surface area contributed by atoms with E-state index in [2.05, 4.69) is 44.1 Å². The molecule has 1 aromatic heterocycles. The van der Waals surface area contributed by atoms with Crippen molar-refractivity contribution in [2.75, 3.05) is 0 Å². The zero-order chi connectivity index (χ0) is 14.7. The van der Waals surface area contributed by atoms with Crippen molar-refractivity contribution in [3.63, 3.8) is 0 Å². The average Bonchev–Trinajstić information content (AvgIpc) is 2.98. The number of nitrogens with zero attached hydrogens (tertiary/aromatic N) is 1. The first-order chi connectivity index (χ1) is 10.2. The zero-order valence-corrected chi connectivity index (χ0v) is 13.0. The van der Waals surface area contributed by atoms with Gasteiger partial charge in [0.2, 0.25) is 0 Å². The van der Waals surface area contributed by atoms with Crippen LogP contribution in [0.1, 0.15) is 17.4 Å². The Labute approximate surface area is 132 Å². The highest BCUT2D eigenvalue weighted by atomic mass is 79.9. The fourth-order valence-corrected chi connectivity index (χ4v) is 2.69. The van der Waals surface area contributed by atoms with Crippen LogP contribution in [-0.2, 0) is 6.42 Å². The number of hydrogen-bond acceptors (Lipinski definition) is 2. The Morgan fingerprint density at radius 1 is 1.10 bits per heavy atom. The van der Waals surface area contributed by atoms with Crippen LogP contribution in [0.5, 0.6) is 0 Å². The molecular weight excluding hydrogens is 326 g/mol. The normalized spacial score (nSPS) is 12.3. The van der Waals surface area contributed by atoms with E-state index in [1.54, 1.807) is 0 Å². The van der Waals surface area contributed by atoms with Crippen LogP contribution >= 0.6 is 15.9 Å². The smallest absolute Gasteiger partial charge is 0.123 e. The molecule has 0 aliphatic carbocycles. The molecule has 106 valence electrons. The Bertz CT molecular complexity index is 722. The van der Waals surface area contributed by atoms with Gasteiger partial charge in [-0.05, 0) is 24.1 Å². The summed E-state index contributed by atoms with van der Waals surface area (Å²) >= 11 is 3.48. The molecule has 3 rings (SSSR count). The summed E-state index contributed by atoms with van der Waals surface area (Å²) in [6, 6.07) is 18.2. The molecule has 1 atom stereocenters. The fourth-order valence-electron chi connectivity index (χ4n) is 2.29. The molecule has 0 bridgehead atoms. The summed E-state index contributed by atoms with van der Waals surface area (Å²) in [6.07, 6.45) is 2.61. The van der Waals surface area contributed by atoms with E-state index in [0.29, 0.717) is 0 Å². The maximum Gasteiger partial charge on any atom is 0.123 e. The summed E-state index contributed by atoms with van der Waals surface area (Å²) in [5.41, 5.74) is 9.53. The number of nitrogens with one attached hydrogen (secondary N) is 1. The number of imidazole rings is 1. The molecule has 3 nitrogen and oxygen atoms in total. The van der Waals surface area contributed by atoms with Crippen LogP contribution in [-0.4, -0.2) is 9.97 Å². The van der Waals surface area contributed by atoms with Gasteiger partial charge in [0.25, 0.3) is 0 Å². The summed E-state index contributed by atoms with van der Waals surface area (Å²) < 4.78 is 1.05. The van der Waals surface area contributed by atoms with Gasteiger partial charge in [-0.15, -0.1) is 0 Å². The largest absolute Gasteiger partial charge is 0.341 e. The Morgan fingerprint density at radius 3 is 2.67 bits per heavy atom. The van der Waals surface area contributed by atoms with Crippen molar-refractivity contribution in [1.82, 2.24) is 9.97 Å². The molecule has 3 N–H and O–H groups in total. The summed E-state index contributed by atoms with van der Waals surface area (Å²) in [7, 11) is 0. The maximum absolute atomic E-state index is 6.25. The first-order valence-corrected chi connectivity index (χ1v) is 7.62. The van der Waals surface area contributed by atoms with Gasteiger partial charge < -0.3 is 10.7 Å². The molecule has 0 fully saturated rings. The van der Waals surface area contributed by atoms with Crippen LogP contribution < -0.4 is 5.73 Å². The average molecular weight is 342 g/mol. The van der Waals surface area contributed by atoms with E-state index < -0.39 is 0 Å². The molecule has 0 aliphatic rings. The Balaban J connectivity index is 1.78. The van der Waals surface area contributed by atoms with Gasteiger partial charge in [0.1, 0.15) is 5.82 Å². The third-order valence-electron chi connectivity index (χ3n) is 3.38. The van der Waals surface area contributed by atoms with Crippen molar-refractivity contribution in [3.8, 4) is 11.3 Å². The highest BCUT2D eigenvalue weighted by Gasteiger charge is 2.12. The quantitative estimate of drug-likeness (QED) is 0.751. The number of hydrogen-bond donors (Lipinski definition) is 2. The van der Waals surface area contributed by atoms with Crippen LogP contribution in [0.15, 0.2) is 65.3 Å². The highest BCUT2D eigenvalue weighted by Crippen LogP contribution is 2.23. The Kier molecular flexibility index (Phi) is 4.18. The van der Waals surface area contributed by atoms with Gasteiger partial charge in [-0.2, -0.15) is 0 Å². The minimum Gasteiger partial charge on any atom is -0.341 e. The maximum atomic E-state index is 6.25. The molecule has 2 aromatic carbocycles. The highest BCUT2D eigenvalue weighted by molar-refractivity contribution is 9.10. The number of H-pyrrole nitrogens is 1. The number of nitrogens with two attached hydrogens (primary N) is 1. The second-order valence-corrected chi connectivity index (χ2v) is 5.90. The number of rotatable bonds is 4. The van der Waals surface area contributed by atoms with Crippen LogP contribution in [0.2, 0.25) is 0 Å². The third-order valence-corrected chi connectivity index (χ3v) is 3.87. The predicted molar refractivity (Wildman–Crippen MR) is 88.8 cm³/mol. The SMILES string of the molecule is NC(Cc1ccccc1)c1ncc(-c2cccc(Br)c2)[nH]1. The van der Waals surface area contributed by atoms with Crippen molar-refractivity contribution < 1.29 is 0 Å². The number of halogens is 1. The number of benzene rings is 2. The molecule has 0 saturated heterocycles. The van der Waals surface area contributed by atoms with Crippen LogP contribution in [0, 0.1) is 0 Å². The van der Waals surface area contributed by atoms with Gasteiger partial charge in [-0.1, -0.05) is 58.4 Å². The lowest BCUT2D eigenvalue weighted by molar-refractivity contribution is 0.678. The topological polar surface area (TPSA) is 54.7 Å². The summed E-state index contributed by atoms with van der Waals surface area (Å²) in [5, 5.41) is 0. The van der Waals surface area contributed by atoms with Gasteiger partial charge in [0.05, 0.1) is 17.9 Å². The predicted octanol–water partition coefficient (Wildman–Crippen LogP) is 4.08. The van der Waals surface area contributed by atoms with Crippen LogP contribution in [0.3, 0.4) is 0 Å². The Morgan fingerprint density at radius 2 is 1.90 bits per heavy atom. The van der Waals surface area contributed by atoms with Gasteiger partial charge in [-0.3, -0.25) is 0 Å². The van der Waals surface area contributed by atoms with Crippen LogP contribution in [0.4, 0.5) is 0 Å². The van der Waals surface area contributed by atoms with E-state index in [1.165, 1.54) is 5.56 Å². The first-order valence-electron chi connectivity index (χ1n) is 6.83. The minimum atomic E-state index is -0.131. The minimum absolute atomic E-state index is 0.131. The van der Waals surface area contributed by atoms with Crippen molar-refractivity contribution in [2.24, 2.45) is 5.73 Å². The van der Waals surface area contributed by atoms with Crippen molar-refractivity contribution in [3.05, 3.63) is 76.7 Å². The summed E-state index contributed by atoms with van der Waals surface area (Å²) in [6.45, 7) is 0. The molecule has 3 aromatic rings. The molecule has 4 heteroatoms. The second-order valence-electron chi connectivity index (χ2n) is 4.99. The van der Waals surface area contributed by atoms with Gasteiger partial charge in [-0.25, -0.2) is 4.98 Å². The van der Waals surface area contributed by atoms with E-state index in [0.717, 1.165) is 28.0 Å². The first kappa shape index (κ1) is 14.0. The van der Waals surface area contributed by atoms with Gasteiger partial charge >= 0.3 is 0 Å². The lowest BCUT2D eigenvalue weighted by atomic mass is 10.1. The molecule has 0 spiro atoms. The molecule has 1 unspecified atom stereocenters. The fraction of sp³-hybridized carbons (Fsp3) is 0.118.